The Bertz CT molecular complexity index is 1280. The van der Waals surface area contributed by atoms with Gasteiger partial charge in [0.05, 0.1) is 28.5 Å². The molecule has 5 rings (SSSR count). The number of nitrogens with zero attached hydrogens (tertiary/aromatic N) is 4. The van der Waals surface area contributed by atoms with E-state index in [2.05, 4.69) is 4.90 Å². The van der Waals surface area contributed by atoms with Crippen LogP contribution in [0.2, 0.25) is 5.02 Å². The van der Waals surface area contributed by atoms with Gasteiger partial charge in [0, 0.05) is 32.7 Å². The number of halogens is 1. The molecule has 0 radical (unpaired) electrons. The summed E-state index contributed by atoms with van der Waals surface area (Å²) in [5.41, 5.74) is 1.77. The maximum Gasteiger partial charge on any atom is 0.253 e. The first kappa shape index (κ1) is 26.0. The van der Waals surface area contributed by atoms with E-state index in [0.717, 1.165) is 55.0 Å². The number of amides is 1. The number of anilines is 1. The summed E-state index contributed by atoms with van der Waals surface area (Å²) in [6.45, 7) is 6.78. The molecule has 3 aromatic rings. The van der Waals surface area contributed by atoms with Gasteiger partial charge in [-0.25, -0.2) is 13.4 Å². The highest BCUT2D eigenvalue weighted by atomic mass is 35.5. The molecule has 194 valence electrons. The molecule has 1 atom stereocenters. The van der Waals surface area contributed by atoms with Crippen molar-refractivity contribution in [3.05, 3.63) is 40.2 Å². The van der Waals surface area contributed by atoms with Gasteiger partial charge in [-0.2, -0.15) is 4.31 Å². The predicted molar refractivity (Wildman–Crippen MR) is 145 cm³/mol. The van der Waals surface area contributed by atoms with Crippen molar-refractivity contribution in [2.24, 2.45) is 0 Å². The number of fused-ring (bicyclic) bond motifs is 1. The Hall–Kier alpha value is -1.60. The minimum absolute atomic E-state index is 0.220. The van der Waals surface area contributed by atoms with Crippen LogP contribution in [0.15, 0.2) is 33.9 Å². The zero-order valence-corrected chi connectivity index (χ0v) is 23.3. The number of morpholine rings is 1. The van der Waals surface area contributed by atoms with Crippen molar-refractivity contribution in [2.45, 2.75) is 36.4 Å². The highest BCUT2D eigenvalue weighted by Crippen LogP contribution is 2.37. The van der Waals surface area contributed by atoms with Crippen LogP contribution in [0, 0.1) is 6.92 Å². The summed E-state index contributed by atoms with van der Waals surface area (Å²) < 4.78 is 34.6. The molecule has 2 aromatic heterocycles. The average molecular weight is 569 g/mol. The topological polar surface area (TPSA) is 83.0 Å². The number of aryl methyl sites for hydroxylation is 1. The lowest BCUT2D eigenvalue weighted by Gasteiger charge is -2.30. The van der Waals surface area contributed by atoms with Gasteiger partial charge in [0.1, 0.15) is 10.3 Å². The van der Waals surface area contributed by atoms with E-state index in [1.165, 1.54) is 27.0 Å². The van der Waals surface area contributed by atoms with Crippen LogP contribution in [0.4, 0.5) is 5.13 Å². The predicted octanol–water partition coefficient (Wildman–Crippen LogP) is 4.23. The molecule has 0 N–H and O–H groups in total. The summed E-state index contributed by atoms with van der Waals surface area (Å²) >= 11 is 9.03. The first-order valence-electron chi connectivity index (χ1n) is 12.1. The number of rotatable bonds is 8. The van der Waals surface area contributed by atoms with Gasteiger partial charge in [0.2, 0.25) is 5.91 Å². The minimum atomic E-state index is -3.74. The van der Waals surface area contributed by atoms with Crippen molar-refractivity contribution in [3.8, 4) is 0 Å². The number of thiophene rings is 1. The molecule has 2 saturated heterocycles. The van der Waals surface area contributed by atoms with Crippen LogP contribution in [0.25, 0.3) is 10.2 Å². The van der Waals surface area contributed by atoms with E-state index >= 15 is 0 Å². The Labute approximate surface area is 224 Å². The third-order valence-electron chi connectivity index (χ3n) is 6.69. The number of aromatic nitrogens is 1. The molecule has 1 amide bonds. The Morgan fingerprint density at radius 2 is 2.06 bits per heavy atom. The smallest absolute Gasteiger partial charge is 0.253 e. The van der Waals surface area contributed by atoms with Gasteiger partial charge < -0.3 is 4.74 Å². The van der Waals surface area contributed by atoms with Gasteiger partial charge in [-0.3, -0.25) is 14.6 Å². The van der Waals surface area contributed by atoms with Crippen LogP contribution in [0.3, 0.4) is 0 Å². The van der Waals surface area contributed by atoms with E-state index in [-0.39, 0.29) is 10.1 Å². The maximum atomic E-state index is 14.0. The maximum absolute atomic E-state index is 14.0. The average Bonchev–Trinajstić information content (AvgIpc) is 3.65. The summed E-state index contributed by atoms with van der Waals surface area (Å²) in [6, 6.07) is 6.33. The summed E-state index contributed by atoms with van der Waals surface area (Å²) in [6.07, 6.45) is 1.89. The van der Waals surface area contributed by atoms with Crippen molar-refractivity contribution in [1.29, 1.82) is 0 Å². The standard InChI is InChI=1S/C24H29ClN4O4S3/c1-17-7-8-18(25)22-21(17)26-24(35-22)28(10-4-9-27-12-14-33-15-13-27)23(30)19-5-2-11-29(19)36(31,32)20-6-3-16-34-20/h3,6-8,16,19H,2,4-5,9-15H2,1H3. The van der Waals surface area contributed by atoms with Crippen LogP contribution in [-0.2, 0) is 19.6 Å². The van der Waals surface area contributed by atoms with E-state index in [1.807, 2.05) is 19.1 Å². The number of carbonyl (C=O) groups is 1. The number of sulfonamides is 1. The van der Waals surface area contributed by atoms with Gasteiger partial charge in [-0.05, 0) is 49.3 Å². The molecule has 2 aliphatic heterocycles. The van der Waals surface area contributed by atoms with E-state index in [4.69, 9.17) is 21.3 Å². The fourth-order valence-corrected chi connectivity index (χ4v) is 8.88. The zero-order valence-electron chi connectivity index (χ0n) is 20.1. The molecule has 1 aromatic carbocycles. The fraction of sp³-hybridized carbons (Fsp3) is 0.500. The fourth-order valence-electron chi connectivity index (χ4n) is 4.76. The van der Waals surface area contributed by atoms with Gasteiger partial charge in [-0.15, -0.1) is 11.3 Å². The second kappa shape index (κ2) is 11.0. The summed E-state index contributed by atoms with van der Waals surface area (Å²) in [4.78, 5) is 22.8. The molecule has 2 fully saturated rings. The third-order valence-corrected chi connectivity index (χ3v) is 11.5. The molecule has 0 bridgehead atoms. The highest BCUT2D eigenvalue weighted by molar-refractivity contribution is 7.91. The number of hydrogen-bond acceptors (Lipinski definition) is 8. The van der Waals surface area contributed by atoms with Crippen LogP contribution in [0.1, 0.15) is 24.8 Å². The molecule has 0 spiro atoms. The number of thiazole rings is 1. The lowest BCUT2D eigenvalue weighted by Crippen LogP contribution is -2.48. The molecule has 8 nitrogen and oxygen atoms in total. The first-order chi connectivity index (χ1) is 17.4. The summed E-state index contributed by atoms with van der Waals surface area (Å²) in [7, 11) is -3.74. The molecule has 36 heavy (non-hydrogen) atoms. The molecule has 1 unspecified atom stereocenters. The van der Waals surface area contributed by atoms with Gasteiger partial charge in [-0.1, -0.05) is 35.1 Å². The normalized spacial score (nSPS) is 19.8. The van der Waals surface area contributed by atoms with E-state index in [1.54, 1.807) is 22.4 Å². The van der Waals surface area contributed by atoms with E-state index < -0.39 is 16.1 Å². The van der Waals surface area contributed by atoms with Crippen LogP contribution in [-0.4, -0.2) is 80.5 Å². The Morgan fingerprint density at radius 3 is 2.78 bits per heavy atom. The van der Waals surface area contributed by atoms with Gasteiger partial charge in [0.25, 0.3) is 10.0 Å². The molecule has 0 aliphatic carbocycles. The van der Waals surface area contributed by atoms with Gasteiger partial charge in [0.15, 0.2) is 5.13 Å². The molecule has 0 saturated carbocycles. The lowest BCUT2D eigenvalue weighted by molar-refractivity contribution is -0.121. The number of hydrogen-bond donors (Lipinski definition) is 0. The van der Waals surface area contributed by atoms with Crippen molar-refractivity contribution >= 4 is 65.6 Å². The zero-order chi connectivity index (χ0) is 25.3. The Balaban J connectivity index is 1.44. The monoisotopic (exact) mass is 568 g/mol. The SMILES string of the molecule is Cc1ccc(Cl)c2sc(N(CCCN3CCOCC3)C(=O)C3CCCN3S(=O)(=O)c3cccs3)nc12. The lowest BCUT2D eigenvalue weighted by atomic mass is 10.2. The number of benzene rings is 1. The second-order valence-corrected chi connectivity index (χ2v) is 13.5. The second-order valence-electron chi connectivity index (χ2n) is 9.04. The Morgan fingerprint density at radius 1 is 1.25 bits per heavy atom. The van der Waals surface area contributed by atoms with Crippen molar-refractivity contribution in [2.75, 3.05) is 50.8 Å². The molecule has 12 heteroatoms. The van der Waals surface area contributed by atoms with Crippen molar-refractivity contribution in [1.82, 2.24) is 14.2 Å². The van der Waals surface area contributed by atoms with E-state index in [9.17, 15) is 13.2 Å². The largest absolute Gasteiger partial charge is 0.379 e. The van der Waals surface area contributed by atoms with Crippen LogP contribution < -0.4 is 4.90 Å². The number of ether oxygens (including phenoxy) is 1. The quantitative estimate of drug-likeness (QED) is 0.404. The van der Waals surface area contributed by atoms with Crippen molar-refractivity contribution < 1.29 is 17.9 Å². The van der Waals surface area contributed by atoms with Crippen LogP contribution in [0.5, 0.6) is 0 Å². The first-order valence-corrected chi connectivity index (χ1v) is 15.6. The minimum Gasteiger partial charge on any atom is -0.379 e. The Kier molecular flexibility index (Phi) is 7.97. The molecular formula is C24H29ClN4O4S3. The molecule has 4 heterocycles. The summed E-state index contributed by atoms with van der Waals surface area (Å²) in [5, 5.41) is 2.90. The van der Waals surface area contributed by atoms with Crippen LogP contribution >= 0.6 is 34.3 Å². The number of carbonyl (C=O) groups excluding carboxylic acids is 1. The molecular weight excluding hydrogens is 540 g/mol. The molecule has 2 aliphatic rings. The van der Waals surface area contributed by atoms with Gasteiger partial charge >= 0.3 is 0 Å². The van der Waals surface area contributed by atoms with E-state index in [0.29, 0.717) is 36.1 Å². The third kappa shape index (κ3) is 5.20. The highest BCUT2D eigenvalue weighted by Gasteiger charge is 2.42. The summed E-state index contributed by atoms with van der Waals surface area (Å²) in [5.74, 6) is -0.220. The van der Waals surface area contributed by atoms with Crippen molar-refractivity contribution in [3.63, 3.8) is 0 Å².